The summed E-state index contributed by atoms with van der Waals surface area (Å²) in [5.74, 6) is 0.855. The molecule has 0 spiro atoms. The standard InChI is InChI=1S/C16H20N2O2/c1-10-8-12(9-11(2)19-10)20-15-6-7-18-16-13(15)4-3-5-14(16)17/h3-7,10-12H,8-9,17H2,1-2H3. The van der Waals surface area contributed by atoms with Crippen molar-refractivity contribution in [2.75, 3.05) is 5.73 Å². The molecule has 2 unspecified atom stereocenters. The maximum absolute atomic E-state index is 6.19. The van der Waals surface area contributed by atoms with Crippen molar-refractivity contribution in [3.63, 3.8) is 0 Å². The van der Waals surface area contributed by atoms with Gasteiger partial charge in [0, 0.05) is 24.4 Å². The van der Waals surface area contributed by atoms with Crippen LogP contribution in [0.15, 0.2) is 30.5 Å². The highest BCUT2D eigenvalue weighted by Gasteiger charge is 2.26. The zero-order chi connectivity index (χ0) is 14.1. The largest absolute Gasteiger partial charge is 0.489 e. The van der Waals surface area contributed by atoms with E-state index in [9.17, 15) is 0 Å². The number of nitrogen functional groups attached to an aromatic ring is 1. The molecule has 0 saturated carbocycles. The van der Waals surface area contributed by atoms with Crippen LogP contribution >= 0.6 is 0 Å². The van der Waals surface area contributed by atoms with E-state index < -0.39 is 0 Å². The van der Waals surface area contributed by atoms with Gasteiger partial charge in [-0.25, -0.2) is 0 Å². The highest BCUT2D eigenvalue weighted by Crippen LogP contribution is 2.30. The van der Waals surface area contributed by atoms with E-state index in [1.54, 1.807) is 6.20 Å². The Balaban J connectivity index is 1.89. The Labute approximate surface area is 118 Å². The smallest absolute Gasteiger partial charge is 0.130 e. The average Bonchev–Trinajstić information content (AvgIpc) is 2.39. The normalized spacial score (nSPS) is 26.6. The molecule has 1 aliphatic rings. The van der Waals surface area contributed by atoms with Gasteiger partial charge in [-0.3, -0.25) is 4.98 Å². The Kier molecular flexibility index (Phi) is 3.49. The molecular weight excluding hydrogens is 252 g/mol. The minimum absolute atomic E-state index is 0.181. The number of ether oxygens (including phenoxy) is 2. The van der Waals surface area contributed by atoms with E-state index >= 15 is 0 Å². The van der Waals surface area contributed by atoms with Crippen molar-refractivity contribution < 1.29 is 9.47 Å². The van der Waals surface area contributed by atoms with Gasteiger partial charge in [0.05, 0.1) is 23.4 Å². The molecule has 2 N–H and O–H groups in total. The lowest BCUT2D eigenvalue weighted by molar-refractivity contribution is -0.0718. The first kappa shape index (κ1) is 13.2. The summed E-state index contributed by atoms with van der Waals surface area (Å²) in [5, 5.41) is 0.972. The van der Waals surface area contributed by atoms with Crippen molar-refractivity contribution in [3.05, 3.63) is 30.5 Å². The van der Waals surface area contributed by atoms with Gasteiger partial charge in [0.25, 0.3) is 0 Å². The number of hydrogen-bond donors (Lipinski definition) is 1. The summed E-state index contributed by atoms with van der Waals surface area (Å²) >= 11 is 0. The van der Waals surface area contributed by atoms with Crippen LogP contribution in [0.5, 0.6) is 5.75 Å². The van der Waals surface area contributed by atoms with E-state index in [1.807, 2.05) is 24.3 Å². The highest BCUT2D eigenvalue weighted by atomic mass is 16.5. The van der Waals surface area contributed by atoms with Gasteiger partial charge in [-0.2, -0.15) is 0 Å². The second-order valence-corrected chi connectivity index (χ2v) is 5.52. The molecule has 4 heteroatoms. The van der Waals surface area contributed by atoms with Gasteiger partial charge in [-0.15, -0.1) is 0 Å². The quantitative estimate of drug-likeness (QED) is 0.853. The first-order valence-corrected chi connectivity index (χ1v) is 7.09. The third-order valence-electron chi connectivity index (χ3n) is 3.71. The van der Waals surface area contributed by atoms with Crippen LogP contribution < -0.4 is 10.5 Å². The van der Waals surface area contributed by atoms with E-state index in [0.29, 0.717) is 5.69 Å². The molecule has 1 aromatic carbocycles. The van der Waals surface area contributed by atoms with Gasteiger partial charge in [-0.1, -0.05) is 6.07 Å². The Morgan fingerprint density at radius 3 is 2.70 bits per heavy atom. The maximum atomic E-state index is 6.19. The fourth-order valence-corrected chi connectivity index (χ4v) is 2.90. The summed E-state index contributed by atoms with van der Waals surface area (Å²) in [5.41, 5.74) is 7.45. The van der Waals surface area contributed by atoms with Gasteiger partial charge in [0.15, 0.2) is 0 Å². The lowest BCUT2D eigenvalue weighted by atomic mass is 10.0. The molecule has 0 radical (unpaired) electrons. The van der Waals surface area contributed by atoms with Crippen molar-refractivity contribution in [1.82, 2.24) is 4.98 Å². The molecule has 3 rings (SSSR count). The molecule has 1 aromatic heterocycles. The fourth-order valence-electron chi connectivity index (χ4n) is 2.90. The van der Waals surface area contributed by atoms with Gasteiger partial charge < -0.3 is 15.2 Å². The molecule has 0 aliphatic carbocycles. The van der Waals surface area contributed by atoms with E-state index in [-0.39, 0.29) is 18.3 Å². The minimum Gasteiger partial charge on any atom is -0.489 e. The summed E-state index contributed by atoms with van der Waals surface area (Å²) in [7, 11) is 0. The third-order valence-corrected chi connectivity index (χ3v) is 3.71. The van der Waals surface area contributed by atoms with Gasteiger partial charge in [-0.05, 0) is 32.0 Å². The lowest BCUT2D eigenvalue weighted by Crippen LogP contribution is -2.35. The number of nitrogens with zero attached hydrogens (tertiary/aromatic N) is 1. The second-order valence-electron chi connectivity index (χ2n) is 5.52. The number of anilines is 1. The highest BCUT2D eigenvalue weighted by molar-refractivity contribution is 5.93. The summed E-state index contributed by atoms with van der Waals surface area (Å²) in [4.78, 5) is 4.33. The molecule has 106 valence electrons. The van der Waals surface area contributed by atoms with E-state index in [2.05, 4.69) is 18.8 Å². The van der Waals surface area contributed by atoms with Crippen molar-refractivity contribution in [3.8, 4) is 5.75 Å². The van der Waals surface area contributed by atoms with Crippen LogP contribution in [0.1, 0.15) is 26.7 Å². The van der Waals surface area contributed by atoms with Crippen molar-refractivity contribution in [1.29, 1.82) is 0 Å². The maximum Gasteiger partial charge on any atom is 0.130 e. The van der Waals surface area contributed by atoms with Gasteiger partial charge >= 0.3 is 0 Å². The Hall–Kier alpha value is -1.81. The van der Waals surface area contributed by atoms with Crippen molar-refractivity contribution >= 4 is 16.6 Å². The molecule has 0 bridgehead atoms. The Bertz CT molecular complexity index is 604. The predicted molar refractivity (Wildman–Crippen MR) is 79.8 cm³/mol. The number of hydrogen-bond acceptors (Lipinski definition) is 4. The van der Waals surface area contributed by atoms with E-state index in [1.165, 1.54) is 0 Å². The molecule has 2 aromatic rings. The van der Waals surface area contributed by atoms with Crippen LogP contribution in [0.4, 0.5) is 5.69 Å². The molecule has 0 amide bonds. The SMILES string of the molecule is CC1CC(Oc2ccnc3c(N)cccc23)CC(C)O1. The number of fused-ring (bicyclic) bond motifs is 1. The van der Waals surface area contributed by atoms with Crippen LogP contribution in [0.3, 0.4) is 0 Å². The molecule has 1 fully saturated rings. The first-order valence-electron chi connectivity index (χ1n) is 7.09. The number of rotatable bonds is 2. The van der Waals surface area contributed by atoms with Crippen LogP contribution in [-0.4, -0.2) is 23.3 Å². The third kappa shape index (κ3) is 2.56. The number of benzene rings is 1. The molecule has 4 nitrogen and oxygen atoms in total. The monoisotopic (exact) mass is 272 g/mol. The molecule has 20 heavy (non-hydrogen) atoms. The van der Waals surface area contributed by atoms with Crippen LogP contribution in [-0.2, 0) is 4.74 Å². The molecule has 2 heterocycles. The zero-order valence-corrected chi connectivity index (χ0v) is 11.9. The molecular formula is C16H20N2O2. The number of nitrogens with two attached hydrogens (primary N) is 1. The molecule has 2 atom stereocenters. The van der Waals surface area contributed by atoms with Gasteiger partial charge in [0.2, 0.25) is 0 Å². The van der Waals surface area contributed by atoms with Crippen LogP contribution in [0, 0.1) is 0 Å². The second kappa shape index (κ2) is 5.29. The number of aromatic nitrogens is 1. The molecule has 1 aliphatic heterocycles. The van der Waals surface area contributed by atoms with E-state index in [0.717, 1.165) is 29.5 Å². The summed E-state index contributed by atoms with van der Waals surface area (Å²) in [6.45, 7) is 4.18. The summed E-state index contributed by atoms with van der Waals surface area (Å²) in [6.07, 6.45) is 4.23. The summed E-state index contributed by atoms with van der Waals surface area (Å²) in [6, 6.07) is 7.70. The van der Waals surface area contributed by atoms with Crippen molar-refractivity contribution in [2.24, 2.45) is 0 Å². The topological polar surface area (TPSA) is 57.4 Å². The Morgan fingerprint density at radius 1 is 1.20 bits per heavy atom. The fraction of sp³-hybridized carbons (Fsp3) is 0.438. The minimum atomic E-state index is 0.181. The number of pyridine rings is 1. The Morgan fingerprint density at radius 2 is 1.95 bits per heavy atom. The zero-order valence-electron chi connectivity index (χ0n) is 11.9. The lowest BCUT2D eigenvalue weighted by Gasteiger charge is -2.32. The van der Waals surface area contributed by atoms with Gasteiger partial charge in [0.1, 0.15) is 11.9 Å². The van der Waals surface area contributed by atoms with Crippen LogP contribution in [0.25, 0.3) is 10.9 Å². The summed E-state index contributed by atoms with van der Waals surface area (Å²) < 4.78 is 11.9. The van der Waals surface area contributed by atoms with Crippen molar-refractivity contribution in [2.45, 2.75) is 45.0 Å². The van der Waals surface area contributed by atoms with Crippen LogP contribution in [0.2, 0.25) is 0 Å². The average molecular weight is 272 g/mol. The number of para-hydroxylation sites is 1. The predicted octanol–water partition coefficient (Wildman–Crippen LogP) is 3.15. The molecule has 1 saturated heterocycles. The van der Waals surface area contributed by atoms with E-state index in [4.69, 9.17) is 15.2 Å². The first-order chi connectivity index (χ1) is 9.63.